The maximum atomic E-state index is 14.2. The Morgan fingerprint density at radius 1 is 1.47 bits per heavy atom. The molecule has 94 valence electrons. The quantitative estimate of drug-likeness (QED) is 0.812. The molecule has 0 saturated carbocycles. The normalized spacial score (nSPS) is 25.1. The number of thioether (sulfide) groups is 1. The van der Waals surface area contributed by atoms with Gasteiger partial charge >= 0.3 is 0 Å². The van der Waals surface area contributed by atoms with E-state index in [4.69, 9.17) is 0 Å². The molecular formula is C12H18FN3S. The van der Waals surface area contributed by atoms with Crippen LogP contribution in [0.25, 0.3) is 0 Å². The highest BCUT2D eigenvalue weighted by atomic mass is 32.2. The second-order valence-corrected chi connectivity index (χ2v) is 5.81. The fraction of sp³-hybridized carbons (Fsp3) is 0.667. The van der Waals surface area contributed by atoms with Gasteiger partial charge in [0.05, 0.1) is 5.69 Å². The molecule has 2 unspecified atom stereocenters. The highest BCUT2D eigenvalue weighted by molar-refractivity contribution is 8.00. The number of aryl methyl sites for hydroxylation is 1. The van der Waals surface area contributed by atoms with Crippen LogP contribution in [-0.2, 0) is 6.42 Å². The number of aromatic nitrogens is 2. The summed E-state index contributed by atoms with van der Waals surface area (Å²) in [4.78, 5) is 10.2. The number of anilines is 1. The molecule has 1 aromatic rings. The molecule has 1 aliphatic heterocycles. The third-order valence-electron chi connectivity index (χ3n) is 3.33. The van der Waals surface area contributed by atoms with E-state index in [9.17, 15) is 4.39 Å². The lowest BCUT2D eigenvalue weighted by atomic mass is 10.2. The van der Waals surface area contributed by atoms with Crippen molar-refractivity contribution in [2.24, 2.45) is 0 Å². The zero-order valence-electron chi connectivity index (χ0n) is 10.5. The maximum absolute atomic E-state index is 14.2. The molecule has 1 fully saturated rings. The van der Waals surface area contributed by atoms with Gasteiger partial charge in [0, 0.05) is 23.6 Å². The van der Waals surface area contributed by atoms with Crippen LogP contribution in [-0.4, -0.2) is 33.6 Å². The third-order valence-corrected chi connectivity index (χ3v) is 4.67. The van der Waals surface area contributed by atoms with Crippen molar-refractivity contribution in [3.63, 3.8) is 0 Å². The van der Waals surface area contributed by atoms with Gasteiger partial charge in [0.1, 0.15) is 6.33 Å². The van der Waals surface area contributed by atoms with Crippen molar-refractivity contribution in [3.05, 3.63) is 17.8 Å². The summed E-state index contributed by atoms with van der Waals surface area (Å²) in [5.41, 5.74) is 0.507. The van der Waals surface area contributed by atoms with Gasteiger partial charge in [-0.05, 0) is 13.3 Å². The molecule has 1 aromatic heterocycles. The maximum Gasteiger partial charge on any atom is 0.187 e. The Balaban J connectivity index is 2.33. The van der Waals surface area contributed by atoms with Crippen molar-refractivity contribution in [2.75, 3.05) is 17.2 Å². The predicted octanol–water partition coefficient (Wildman–Crippen LogP) is 2.51. The molecule has 0 bridgehead atoms. The van der Waals surface area contributed by atoms with Gasteiger partial charge in [-0.25, -0.2) is 14.4 Å². The molecular weight excluding hydrogens is 237 g/mol. The van der Waals surface area contributed by atoms with Crippen LogP contribution in [0.4, 0.5) is 10.2 Å². The zero-order chi connectivity index (χ0) is 12.4. The fourth-order valence-electron chi connectivity index (χ4n) is 2.07. The summed E-state index contributed by atoms with van der Waals surface area (Å²) in [5.74, 6) is 1.24. The van der Waals surface area contributed by atoms with E-state index in [1.165, 1.54) is 6.33 Å². The molecule has 3 nitrogen and oxygen atoms in total. The van der Waals surface area contributed by atoms with Crippen LogP contribution in [0, 0.1) is 5.82 Å². The summed E-state index contributed by atoms with van der Waals surface area (Å²) < 4.78 is 14.2. The Kier molecular flexibility index (Phi) is 3.86. The number of rotatable bonds is 2. The molecule has 2 rings (SSSR count). The smallest absolute Gasteiger partial charge is 0.187 e. The SMILES string of the molecule is CCc1ncnc(N2CCSC(C)C2C)c1F. The standard InChI is InChI=1S/C12H18FN3S/c1-4-10-11(13)12(15-7-14-10)16-5-6-17-9(3)8(16)2/h7-9H,4-6H2,1-3H3. The summed E-state index contributed by atoms with van der Waals surface area (Å²) in [6.07, 6.45) is 2.07. The van der Waals surface area contributed by atoms with E-state index in [1.54, 1.807) is 0 Å². The van der Waals surface area contributed by atoms with Crippen molar-refractivity contribution in [3.8, 4) is 0 Å². The van der Waals surface area contributed by atoms with Crippen molar-refractivity contribution in [2.45, 2.75) is 38.5 Å². The Morgan fingerprint density at radius 3 is 2.94 bits per heavy atom. The molecule has 0 aliphatic carbocycles. The number of nitrogens with zero attached hydrogens (tertiary/aromatic N) is 3. The van der Waals surface area contributed by atoms with Gasteiger partial charge in [-0.15, -0.1) is 0 Å². The van der Waals surface area contributed by atoms with E-state index in [0.717, 1.165) is 12.3 Å². The largest absolute Gasteiger partial charge is 0.349 e. The molecule has 0 aromatic carbocycles. The molecule has 0 amide bonds. The minimum atomic E-state index is -0.249. The second kappa shape index (κ2) is 5.21. The summed E-state index contributed by atoms with van der Waals surface area (Å²) >= 11 is 1.93. The monoisotopic (exact) mass is 255 g/mol. The number of hydrogen-bond donors (Lipinski definition) is 0. The first-order valence-corrected chi connectivity index (χ1v) is 7.07. The van der Waals surface area contributed by atoms with Crippen LogP contribution in [0.2, 0.25) is 0 Å². The van der Waals surface area contributed by atoms with Crippen molar-refractivity contribution in [1.82, 2.24) is 9.97 Å². The summed E-state index contributed by atoms with van der Waals surface area (Å²) in [6.45, 7) is 7.08. The van der Waals surface area contributed by atoms with E-state index in [1.807, 2.05) is 18.7 Å². The zero-order valence-corrected chi connectivity index (χ0v) is 11.3. The molecule has 2 heterocycles. The van der Waals surface area contributed by atoms with Crippen molar-refractivity contribution >= 4 is 17.6 Å². The van der Waals surface area contributed by atoms with Crippen LogP contribution in [0.3, 0.4) is 0 Å². The first kappa shape index (κ1) is 12.6. The van der Waals surface area contributed by atoms with Gasteiger partial charge < -0.3 is 4.90 Å². The topological polar surface area (TPSA) is 29.0 Å². The van der Waals surface area contributed by atoms with Crippen molar-refractivity contribution in [1.29, 1.82) is 0 Å². The van der Waals surface area contributed by atoms with Gasteiger partial charge in [-0.2, -0.15) is 11.8 Å². The average Bonchev–Trinajstić information content (AvgIpc) is 2.33. The predicted molar refractivity (Wildman–Crippen MR) is 70.1 cm³/mol. The van der Waals surface area contributed by atoms with Crippen molar-refractivity contribution < 1.29 is 4.39 Å². The van der Waals surface area contributed by atoms with Crippen LogP contribution in [0.5, 0.6) is 0 Å². The first-order valence-electron chi connectivity index (χ1n) is 6.02. The Morgan fingerprint density at radius 2 is 2.24 bits per heavy atom. The van der Waals surface area contributed by atoms with Gasteiger partial charge in [-0.3, -0.25) is 0 Å². The van der Waals surface area contributed by atoms with Crippen LogP contribution in [0.1, 0.15) is 26.5 Å². The van der Waals surface area contributed by atoms with E-state index < -0.39 is 0 Å². The molecule has 0 radical (unpaired) electrons. The minimum absolute atomic E-state index is 0.249. The molecule has 1 aliphatic rings. The lowest BCUT2D eigenvalue weighted by Gasteiger charge is -2.38. The van der Waals surface area contributed by atoms with E-state index in [0.29, 0.717) is 29.2 Å². The molecule has 2 atom stereocenters. The van der Waals surface area contributed by atoms with Gasteiger partial charge in [0.25, 0.3) is 0 Å². The third kappa shape index (κ3) is 2.39. The number of hydrogen-bond acceptors (Lipinski definition) is 4. The Bertz CT molecular complexity index is 399. The summed E-state index contributed by atoms with van der Waals surface area (Å²) in [7, 11) is 0. The van der Waals surface area contributed by atoms with E-state index in [2.05, 4.69) is 28.7 Å². The number of halogens is 1. The lowest BCUT2D eigenvalue weighted by molar-refractivity contribution is 0.556. The van der Waals surface area contributed by atoms with Crippen LogP contribution >= 0.6 is 11.8 Å². The molecule has 1 saturated heterocycles. The average molecular weight is 255 g/mol. The minimum Gasteiger partial charge on any atom is -0.349 e. The molecule has 0 N–H and O–H groups in total. The molecule has 17 heavy (non-hydrogen) atoms. The summed E-state index contributed by atoms with van der Waals surface area (Å²) in [6, 6.07) is 0.308. The highest BCUT2D eigenvalue weighted by Crippen LogP contribution is 2.29. The van der Waals surface area contributed by atoms with Gasteiger partial charge in [-0.1, -0.05) is 13.8 Å². The Labute approximate surface area is 106 Å². The Hall–Kier alpha value is -0.840. The molecule has 5 heteroatoms. The fourth-order valence-corrected chi connectivity index (χ4v) is 3.17. The van der Waals surface area contributed by atoms with E-state index in [-0.39, 0.29) is 5.82 Å². The lowest BCUT2D eigenvalue weighted by Crippen LogP contribution is -2.45. The molecule has 0 spiro atoms. The highest BCUT2D eigenvalue weighted by Gasteiger charge is 2.28. The van der Waals surface area contributed by atoms with E-state index >= 15 is 0 Å². The van der Waals surface area contributed by atoms with Crippen LogP contribution < -0.4 is 4.90 Å². The van der Waals surface area contributed by atoms with Crippen LogP contribution in [0.15, 0.2) is 6.33 Å². The second-order valence-electron chi connectivity index (χ2n) is 4.32. The summed E-state index contributed by atoms with van der Waals surface area (Å²) in [5, 5.41) is 0.503. The first-order chi connectivity index (χ1) is 8.15. The van der Waals surface area contributed by atoms with Gasteiger partial charge in [0.15, 0.2) is 11.6 Å². The van der Waals surface area contributed by atoms with Gasteiger partial charge in [0.2, 0.25) is 0 Å².